The van der Waals surface area contributed by atoms with Gasteiger partial charge in [-0.25, -0.2) is 0 Å². The second kappa shape index (κ2) is 6.47. The second-order valence-electron chi connectivity index (χ2n) is 2.77. The molecule has 0 rings (SSSR count). The Morgan fingerprint density at radius 1 is 1.45 bits per heavy atom. The van der Waals surface area contributed by atoms with E-state index < -0.39 is 0 Å². The van der Waals surface area contributed by atoms with Crippen molar-refractivity contribution in [2.75, 3.05) is 6.61 Å². The highest BCUT2D eigenvalue weighted by Gasteiger charge is 2.14. The topological polar surface area (TPSA) is 9.23 Å². The second-order valence-corrected chi connectivity index (χ2v) is 6.48. The van der Waals surface area contributed by atoms with Crippen LogP contribution in [0.4, 0.5) is 0 Å². The van der Waals surface area contributed by atoms with Crippen LogP contribution in [-0.4, -0.2) is 15.4 Å². The van der Waals surface area contributed by atoms with E-state index in [-0.39, 0.29) is 8.80 Å². The molecule has 0 N–H and O–H groups in total. The monoisotopic (exact) mass is 171 g/mol. The highest BCUT2D eigenvalue weighted by molar-refractivity contribution is 6.60. The molecular weight excluding hydrogens is 152 g/mol. The summed E-state index contributed by atoms with van der Waals surface area (Å²) in [7, 11) is -0.146. The Hall–Kier alpha value is -0.243. The van der Waals surface area contributed by atoms with Gasteiger partial charge in [0.2, 0.25) is 0 Å². The van der Waals surface area contributed by atoms with Crippen LogP contribution in [-0.2, 0) is 4.74 Å². The summed E-state index contributed by atoms with van der Waals surface area (Å²) >= 11 is 0. The first kappa shape index (κ1) is 10.8. The molecule has 0 aliphatic heterocycles. The molecule has 11 heavy (non-hydrogen) atoms. The van der Waals surface area contributed by atoms with Crippen molar-refractivity contribution in [2.45, 2.75) is 38.4 Å². The van der Waals surface area contributed by atoms with Gasteiger partial charge in [-0.1, -0.05) is 39.4 Å². The van der Waals surface area contributed by atoms with Crippen LogP contribution in [0.5, 0.6) is 0 Å². The van der Waals surface area contributed by atoms with Crippen molar-refractivity contribution in [2.24, 2.45) is 0 Å². The molecule has 0 aromatic rings. The minimum absolute atomic E-state index is 0.146. The van der Waals surface area contributed by atoms with Gasteiger partial charge in [0, 0.05) is 0 Å². The first-order chi connectivity index (χ1) is 5.26. The van der Waals surface area contributed by atoms with Gasteiger partial charge in [0.15, 0.2) is 0 Å². The fourth-order valence-electron chi connectivity index (χ4n) is 1.28. The maximum Gasteiger partial charge on any atom is 0.0873 e. The number of hydrogen-bond acceptors (Lipinski definition) is 1. The van der Waals surface area contributed by atoms with Crippen LogP contribution >= 0.6 is 0 Å². The van der Waals surface area contributed by atoms with Crippen LogP contribution in [0.3, 0.4) is 0 Å². The van der Waals surface area contributed by atoms with Crippen LogP contribution in [0.25, 0.3) is 0 Å². The van der Waals surface area contributed by atoms with E-state index in [2.05, 4.69) is 27.4 Å². The molecule has 1 nitrogen and oxygen atoms in total. The SMILES string of the molecule is C=COCC(C)[Si](CC)CC. The van der Waals surface area contributed by atoms with Crippen molar-refractivity contribution in [1.29, 1.82) is 0 Å². The smallest absolute Gasteiger partial charge is 0.0873 e. The molecule has 0 bridgehead atoms. The van der Waals surface area contributed by atoms with E-state index in [4.69, 9.17) is 4.74 Å². The van der Waals surface area contributed by atoms with Gasteiger partial charge in [0.1, 0.15) is 0 Å². The summed E-state index contributed by atoms with van der Waals surface area (Å²) in [4.78, 5) is 0. The summed E-state index contributed by atoms with van der Waals surface area (Å²) in [5, 5.41) is 0. The summed E-state index contributed by atoms with van der Waals surface area (Å²) in [5.41, 5.74) is 0.757. The Morgan fingerprint density at radius 3 is 2.36 bits per heavy atom. The van der Waals surface area contributed by atoms with Crippen molar-refractivity contribution < 1.29 is 4.74 Å². The molecule has 0 heterocycles. The third-order valence-electron chi connectivity index (χ3n) is 2.07. The van der Waals surface area contributed by atoms with E-state index in [0.29, 0.717) is 0 Å². The summed E-state index contributed by atoms with van der Waals surface area (Å²) < 4.78 is 5.17. The average Bonchev–Trinajstić information content (AvgIpc) is 2.03. The van der Waals surface area contributed by atoms with Gasteiger partial charge >= 0.3 is 0 Å². The summed E-state index contributed by atoms with van der Waals surface area (Å²) in [5.74, 6) is 0. The molecule has 0 fully saturated rings. The normalized spacial score (nSPS) is 13.1. The molecule has 0 aromatic heterocycles. The molecule has 1 unspecified atom stereocenters. The van der Waals surface area contributed by atoms with Crippen molar-refractivity contribution in [3.05, 3.63) is 12.8 Å². The van der Waals surface area contributed by atoms with E-state index in [1.165, 1.54) is 12.1 Å². The van der Waals surface area contributed by atoms with Crippen LogP contribution in [0.1, 0.15) is 20.8 Å². The molecule has 0 aromatic carbocycles. The van der Waals surface area contributed by atoms with Gasteiger partial charge in [0.25, 0.3) is 0 Å². The van der Waals surface area contributed by atoms with Gasteiger partial charge in [-0.05, 0) is 5.54 Å². The molecule has 0 spiro atoms. The lowest BCUT2D eigenvalue weighted by molar-refractivity contribution is 0.249. The van der Waals surface area contributed by atoms with Gasteiger partial charge in [0.05, 0.1) is 21.7 Å². The third kappa shape index (κ3) is 4.25. The molecule has 0 aliphatic carbocycles. The quantitative estimate of drug-likeness (QED) is 0.441. The molecule has 0 amide bonds. The number of hydrogen-bond donors (Lipinski definition) is 0. The van der Waals surface area contributed by atoms with Gasteiger partial charge < -0.3 is 4.74 Å². The van der Waals surface area contributed by atoms with E-state index >= 15 is 0 Å². The lowest BCUT2D eigenvalue weighted by Crippen LogP contribution is -2.19. The predicted octanol–water partition coefficient (Wildman–Crippen LogP) is 3.07. The average molecular weight is 171 g/mol. The van der Waals surface area contributed by atoms with Gasteiger partial charge in [-0.3, -0.25) is 0 Å². The lowest BCUT2D eigenvalue weighted by atomic mass is 10.5. The van der Waals surface area contributed by atoms with Gasteiger partial charge in [-0.15, -0.1) is 0 Å². The Labute approximate surface area is 72.1 Å². The Bertz CT molecular complexity index is 99.7. The van der Waals surface area contributed by atoms with E-state index in [0.717, 1.165) is 12.1 Å². The standard InChI is InChI=1S/C9H19OSi/c1-5-10-8-9(4)11(6-2)7-3/h5,9H,1,6-8H2,2-4H3. The van der Waals surface area contributed by atoms with Crippen LogP contribution in [0.15, 0.2) is 12.8 Å². The van der Waals surface area contributed by atoms with E-state index in [1.807, 2.05) is 0 Å². The van der Waals surface area contributed by atoms with Crippen LogP contribution in [0.2, 0.25) is 17.6 Å². The molecule has 65 valence electrons. The third-order valence-corrected chi connectivity index (χ3v) is 5.45. The van der Waals surface area contributed by atoms with E-state index in [9.17, 15) is 0 Å². The van der Waals surface area contributed by atoms with Crippen molar-refractivity contribution in [3.8, 4) is 0 Å². The zero-order valence-corrected chi connectivity index (χ0v) is 8.89. The fraction of sp³-hybridized carbons (Fsp3) is 0.778. The molecule has 1 radical (unpaired) electrons. The molecular formula is C9H19OSi. The predicted molar refractivity (Wildman–Crippen MR) is 52.3 cm³/mol. The van der Waals surface area contributed by atoms with Crippen molar-refractivity contribution >= 4 is 8.80 Å². The fourth-order valence-corrected chi connectivity index (χ4v) is 3.50. The van der Waals surface area contributed by atoms with Crippen LogP contribution < -0.4 is 0 Å². The maximum atomic E-state index is 5.17. The first-order valence-electron chi connectivity index (χ1n) is 4.33. The molecule has 0 saturated carbocycles. The number of rotatable bonds is 6. The minimum atomic E-state index is -0.146. The molecule has 2 heteroatoms. The first-order valence-corrected chi connectivity index (χ1v) is 6.32. The Kier molecular flexibility index (Phi) is 6.32. The molecule has 1 atom stereocenters. The Morgan fingerprint density at radius 2 is 2.00 bits per heavy atom. The Balaban J connectivity index is 3.59. The minimum Gasteiger partial charge on any atom is -0.502 e. The lowest BCUT2D eigenvalue weighted by Gasteiger charge is -2.18. The van der Waals surface area contributed by atoms with Crippen molar-refractivity contribution in [3.63, 3.8) is 0 Å². The van der Waals surface area contributed by atoms with Crippen LogP contribution in [0, 0.1) is 0 Å². The number of ether oxygens (including phenoxy) is 1. The molecule has 0 aliphatic rings. The summed E-state index contributed by atoms with van der Waals surface area (Å²) in [6.07, 6.45) is 1.54. The van der Waals surface area contributed by atoms with Gasteiger partial charge in [-0.2, -0.15) is 0 Å². The maximum absolute atomic E-state index is 5.17. The van der Waals surface area contributed by atoms with Crippen molar-refractivity contribution in [1.82, 2.24) is 0 Å². The highest BCUT2D eigenvalue weighted by Crippen LogP contribution is 2.16. The largest absolute Gasteiger partial charge is 0.502 e. The summed E-state index contributed by atoms with van der Waals surface area (Å²) in [6, 6.07) is 2.70. The zero-order chi connectivity index (χ0) is 8.69. The zero-order valence-electron chi connectivity index (χ0n) is 7.89. The summed E-state index contributed by atoms with van der Waals surface area (Å²) in [6.45, 7) is 11.2. The molecule has 0 saturated heterocycles. The van der Waals surface area contributed by atoms with E-state index in [1.54, 1.807) is 6.26 Å². The highest BCUT2D eigenvalue weighted by atomic mass is 28.3.